The van der Waals surface area contributed by atoms with Crippen LogP contribution in [0.3, 0.4) is 0 Å². The highest BCUT2D eigenvalue weighted by atomic mass is 32.1. The molecule has 100 valence electrons. The molecule has 1 atom stereocenters. The number of hydrogen-bond acceptors (Lipinski definition) is 6. The van der Waals surface area contributed by atoms with Crippen LogP contribution in [0.2, 0.25) is 0 Å². The largest absolute Gasteiger partial charge is 0.382 e. The van der Waals surface area contributed by atoms with Crippen molar-refractivity contribution in [2.24, 2.45) is 5.73 Å². The molecule has 18 heavy (non-hydrogen) atoms. The zero-order chi connectivity index (χ0) is 13.3. The van der Waals surface area contributed by atoms with Crippen molar-refractivity contribution in [2.45, 2.75) is 25.4 Å². The van der Waals surface area contributed by atoms with Gasteiger partial charge in [-0.1, -0.05) is 0 Å². The first-order chi connectivity index (χ1) is 8.47. The molecule has 1 aromatic rings. The zero-order valence-electron chi connectivity index (χ0n) is 10.6. The van der Waals surface area contributed by atoms with E-state index in [9.17, 15) is 4.79 Å². The second-order valence-corrected chi connectivity index (χ2v) is 5.54. The Labute approximate surface area is 110 Å². The molecule has 4 N–H and O–H groups in total. The lowest BCUT2D eigenvalue weighted by Crippen LogP contribution is -2.47. The fraction of sp³-hybridized carbons (Fsp3) is 0.636. The number of anilines is 2. The predicted molar refractivity (Wildman–Crippen MR) is 71.9 cm³/mol. The second-order valence-electron chi connectivity index (χ2n) is 4.79. The van der Waals surface area contributed by atoms with Gasteiger partial charge in [0.25, 0.3) is 5.91 Å². The first kappa shape index (κ1) is 13.1. The third-order valence-corrected chi connectivity index (χ3v) is 4.31. The lowest BCUT2D eigenvalue weighted by atomic mass is 9.95. The van der Waals surface area contributed by atoms with Crippen LogP contribution in [0.1, 0.15) is 30.1 Å². The number of piperidine rings is 1. The van der Waals surface area contributed by atoms with Gasteiger partial charge in [0.1, 0.15) is 10.6 Å². The van der Waals surface area contributed by atoms with Crippen molar-refractivity contribution in [1.29, 1.82) is 0 Å². The molecule has 7 heteroatoms. The zero-order valence-corrected chi connectivity index (χ0v) is 11.4. The Morgan fingerprint density at radius 2 is 2.33 bits per heavy atom. The van der Waals surface area contributed by atoms with Crippen LogP contribution < -0.4 is 16.4 Å². The summed E-state index contributed by atoms with van der Waals surface area (Å²) in [5.41, 5.74) is 11.2. The molecule has 0 spiro atoms. The SMILES string of the molecule is COC1(C)CCCN(c2snc(N)c2C(N)=O)C1. The van der Waals surface area contributed by atoms with Crippen LogP contribution in [0.4, 0.5) is 10.8 Å². The van der Waals surface area contributed by atoms with Crippen molar-refractivity contribution in [1.82, 2.24) is 4.37 Å². The maximum atomic E-state index is 11.4. The highest BCUT2D eigenvalue weighted by Crippen LogP contribution is 2.35. The molecule has 1 aliphatic rings. The third kappa shape index (κ3) is 2.28. The van der Waals surface area contributed by atoms with Crippen LogP contribution in [0, 0.1) is 0 Å². The van der Waals surface area contributed by atoms with Crippen LogP contribution in [-0.4, -0.2) is 36.1 Å². The summed E-state index contributed by atoms with van der Waals surface area (Å²) in [5, 5.41) is 0.753. The van der Waals surface area contributed by atoms with Crippen LogP contribution in [-0.2, 0) is 4.74 Å². The van der Waals surface area contributed by atoms with E-state index >= 15 is 0 Å². The molecule has 1 aliphatic heterocycles. The maximum absolute atomic E-state index is 11.4. The van der Waals surface area contributed by atoms with E-state index in [-0.39, 0.29) is 11.4 Å². The van der Waals surface area contributed by atoms with E-state index in [1.54, 1.807) is 7.11 Å². The summed E-state index contributed by atoms with van der Waals surface area (Å²) in [5.74, 6) is -0.312. The molecule has 1 aromatic heterocycles. The van der Waals surface area contributed by atoms with Gasteiger partial charge in [-0.2, -0.15) is 4.37 Å². The minimum absolute atomic E-state index is 0.202. The summed E-state index contributed by atoms with van der Waals surface area (Å²) >= 11 is 1.22. The van der Waals surface area contributed by atoms with Gasteiger partial charge < -0.3 is 21.1 Å². The molecule has 1 fully saturated rings. The van der Waals surface area contributed by atoms with E-state index in [0.29, 0.717) is 12.1 Å². The molecular formula is C11H18N4O2S. The number of aromatic nitrogens is 1. The van der Waals surface area contributed by atoms with E-state index in [1.165, 1.54) is 11.5 Å². The molecule has 1 amide bonds. The number of nitrogens with zero attached hydrogens (tertiary/aromatic N) is 2. The Bertz CT molecular complexity index is 462. The Balaban J connectivity index is 2.29. The molecule has 2 heterocycles. The quantitative estimate of drug-likeness (QED) is 0.848. The van der Waals surface area contributed by atoms with Crippen LogP contribution in [0.15, 0.2) is 0 Å². The number of hydrogen-bond donors (Lipinski definition) is 2. The van der Waals surface area contributed by atoms with E-state index in [4.69, 9.17) is 16.2 Å². The summed E-state index contributed by atoms with van der Waals surface area (Å²) < 4.78 is 9.56. The van der Waals surface area contributed by atoms with Crippen molar-refractivity contribution in [3.05, 3.63) is 5.56 Å². The van der Waals surface area contributed by atoms with Gasteiger partial charge in [-0.3, -0.25) is 4.79 Å². The van der Waals surface area contributed by atoms with Gasteiger partial charge >= 0.3 is 0 Å². The number of ether oxygens (including phenoxy) is 1. The number of nitrogen functional groups attached to an aromatic ring is 1. The number of nitrogens with two attached hydrogens (primary N) is 2. The summed E-state index contributed by atoms with van der Waals surface area (Å²) in [4.78, 5) is 13.5. The normalized spacial score (nSPS) is 24.2. The van der Waals surface area contributed by atoms with Gasteiger partial charge in [0.05, 0.1) is 5.60 Å². The number of primary amides is 1. The van der Waals surface area contributed by atoms with Crippen LogP contribution >= 0.6 is 11.5 Å². The standard InChI is InChI=1S/C11H18N4O2S/c1-11(17-2)4-3-5-15(6-11)10-7(9(13)16)8(12)14-18-10/h3-6H2,1-2H3,(H2,12,14)(H2,13,16). The fourth-order valence-corrected chi connectivity index (χ4v) is 3.13. The minimum atomic E-state index is -0.527. The first-order valence-corrected chi connectivity index (χ1v) is 6.59. The van der Waals surface area contributed by atoms with E-state index < -0.39 is 5.91 Å². The number of carbonyl (C=O) groups excluding carboxylic acids is 1. The van der Waals surface area contributed by atoms with Crippen molar-refractivity contribution in [3.63, 3.8) is 0 Å². The number of rotatable bonds is 3. The third-order valence-electron chi connectivity index (χ3n) is 3.39. The molecule has 0 radical (unpaired) electrons. The van der Waals surface area contributed by atoms with Crippen LogP contribution in [0.25, 0.3) is 0 Å². The number of amides is 1. The molecule has 2 rings (SSSR count). The van der Waals surface area contributed by atoms with Gasteiger partial charge in [0.2, 0.25) is 0 Å². The number of carbonyl (C=O) groups is 1. The minimum Gasteiger partial charge on any atom is -0.382 e. The Morgan fingerprint density at radius 1 is 1.61 bits per heavy atom. The molecular weight excluding hydrogens is 252 g/mol. The Morgan fingerprint density at radius 3 is 2.94 bits per heavy atom. The van der Waals surface area contributed by atoms with Crippen molar-refractivity contribution < 1.29 is 9.53 Å². The predicted octanol–water partition coefficient (Wildman–Crippen LogP) is 0.830. The summed E-state index contributed by atoms with van der Waals surface area (Å²) in [7, 11) is 1.71. The highest BCUT2D eigenvalue weighted by Gasteiger charge is 2.33. The molecule has 6 nitrogen and oxygen atoms in total. The lowest BCUT2D eigenvalue weighted by molar-refractivity contribution is -0.00454. The van der Waals surface area contributed by atoms with E-state index in [2.05, 4.69) is 16.2 Å². The highest BCUT2D eigenvalue weighted by molar-refractivity contribution is 7.11. The van der Waals surface area contributed by atoms with Crippen LogP contribution in [0.5, 0.6) is 0 Å². The fourth-order valence-electron chi connectivity index (χ4n) is 2.29. The molecule has 0 saturated carbocycles. The van der Waals surface area contributed by atoms with Gasteiger partial charge in [-0.15, -0.1) is 0 Å². The average Bonchev–Trinajstić information content (AvgIpc) is 2.71. The summed E-state index contributed by atoms with van der Waals surface area (Å²) in [6.45, 7) is 3.64. The lowest BCUT2D eigenvalue weighted by Gasteiger charge is -2.40. The molecule has 0 bridgehead atoms. The van der Waals surface area contributed by atoms with Crippen molar-refractivity contribution in [2.75, 3.05) is 30.8 Å². The monoisotopic (exact) mass is 270 g/mol. The summed E-state index contributed by atoms with van der Waals surface area (Å²) in [6, 6.07) is 0. The summed E-state index contributed by atoms with van der Waals surface area (Å²) in [6.07, 6.45) is 2.00. The van der Waals surface area contributed by atoms with Gasteiger partial charge in [0.15, 0.2) is 5.82 Å². The van der Waals surface area contributed by atoms with Gasteiger partial charge in [0, 0.05) is 20.2 Å². The molecule has 0 aliphatic carbocycles. The maximum Gasteiger partial charge on any atom is 0.255 e. The molecule has 1 saturated heterocycles. The topological polar surface area (TPSA) is 94.5 Å². The number of methoxy groups -OCH3 is 1. The first-order valence-electron chi connectivity index (χ1n) is 5.82. The van der Waals surface area contributed by atoms with E-state index in [1.807, 2.05) is 0 Å². The van der Waals surface area contributed by atoms with Gasteiger partial charge in [-0.25, -0.2) is 0 Å². The van der Waals surface area contributed by atoms with Gasteiger partial charge in [-0.05, 0) is 31.3 Å². The molecule has 0 aromatic carbocycles. The Kier molecular flexibility index (Phi) is 3.45. The second kappa shape index (κ2) is 4.74. The van der Waals surface area contributed by atoms with Crippen molar-refractivity contribution >= 4 is 28.3 Å². The smallest absolute Gasteiger partial charge is 0.255 e. The van der Waals surface area contributed by atoms with E-state index in [0.717, 1.165) is 24.4 Å². The Hall–Kier alpha value is -1.34. The average molecular weight is 270 g/mol. The molecule has 1 unspecified atom stereocenters. The van der Waals surface area contributed by atoms with Crippen molar-refractivity contribution in [3.8, 4) is 0 Å².